The Kier molecular flexibility index (Phi) is 2.29. The maximum atomic E-state index is 9.40. The fraction of sp³-hybridized carbons (Fsp3) is 0.417. The van der Waals surface area contributed by atoms with Crippen molar-refractivity contribution in [2.45, 2.75) is 18.9 Å². The largest absolute Gasteiger partial charge is 0.508 e. The average molecular weight is 217 g/mol. The van der Waals surface area contributed by atoms with E-state index in [2.05, 4.69) is 15.1 Å². The molecule has 0 aliphatic carbocycles. The van der Waals surface area contributed by atoms with Crippen LogP contribution in [0.25, 0.3) is 10.9 Å². The zero-order chi connectivity index (χ0) is 11.0. The first kappa shape index (κ1) is 9.66. The molecule has 4 nitrogen and oxygen atoms in total. The highest BCUT2D eigenvalue weighted by atomic mass is 16.3. The van der Waals surface area contributed by atoms with E-state index in [4.69, 9.17) is 0 Å². The number of hydrogen-bond donors (Lipinski definition) is 2. The Morgan fingerprint density at radius 3 is 3.19 bits per heavy atom. The van der Waals surface area contributed by atoms with E-state index in [-0.39, 0.29) is 0 Å². The van der Waals surface area contributed by atoms with Gasteiger partial charge in [0.1, 0.15) is 5.75 Å². The maximum absolute atomic E-state index is 9.40. The Morgan fingerprint density at radius 2 is 2.38 bits per heavy atom. The predicted molar refractivity (Wildman–Crippen MR) is 62.5 cm³/mol. The minimum atomic E-state index is 0.300. The second-order valence-electron chi connectivity index (χ2n) is 4.33. The quantitative estimate of drug-likeness (QED) is 0.764. The molecule has 84 valence electrons. The average Bonchev–Trinajstić information content (AvgIpc) is 2.73. The first-order valence-corrected chi connectivity index (χ1v) is 5.71. The van der Waals surface area contributed by atoms with Gasteiger partial charge >= 0.3 is 0 Å². The lowest BCUT2D eigenvalue weighted by molar-refractivity contribution is 0.354. The van der Waals surface area contributed by atoms with Crippen LogP contribution in [0.2, 0.25) is 0 Å². The summed E-state index contributed by atoms with van der Waals surface area (Å²) in [7, 11) is 0. The monoisotopic (exact) mass is 217 g/mol. The lowest BCUT2D eigenvalue weighted by Gasteiger charge is -2.23. The summed E-state index contributed by atoms with van der Waals surface area (Å²) in [4.78, 5) is 0. The fourth-order valence-corrected chi connectivity index (χ4v) is 2.37. The van der Waals surface area contributed by atoms with Gasteiger partial charge in [-0.1, -0.05) is 0 Å². The predicted octanol–water partition coefficient (Wildman–Crippen LogP) is 1.67. The standard InChI is InChI=1S/C12H15N3O/c16-11-3-4-12-9(6-11)7-14-15(12)10-2-1-5-13-8-10/h3-4,6-7,10,13,16H,1-2,5,8H2. The molecule has 1 atom stereocenters. The van der Waals surface area contributed by atoms with E-state index in [9.17, 15) is 5.11 Å². The molecule has 1 unspecified atom stereocenters. The van der Waals surface area contributed by atoms with E-state index in [0.717, 1.165) is 24.0 Å². The SMILES string of the molecule is Oc1ccc2c(cnn2C2CCCNC2)c1. The molecule has 1 aliphatic heterocycles. The zero-order valence-corrected chi connectivity index (χ0v) is 9.06. The second kappa shape index (κ2) is 3.79. The van der Waals surface area contributed by atoms with Gasteiger partial charge in [0, 0.05) is 11.9 Å². The summed E-state index contributed by atoms with van der Waals surface area (Å²) in [5.74, 6) is 0.300. The van der Waals surface area contributed by atoms with Gasteiger partial charge in [-0.05, 0) is 37.6 Å². The van der Waals surface area contributed by atoms with Gasteiger partial charge in [-0.2, -0.15) is 5.10 Å². The van der Waals surface area contributed by atoms with Crippen LogP contribution in [0.5, 0.6) is 5.75 Å². The molecule has 1 aromatic carbocycles. The molecule has 1 saturated heterocycles. The van der Waals surface area contributed by atoms with Crippen molar-refractivity contribution in [3.05, 3.63) is 24.4 Å². The Hall–Kier alpha value is -1.55. The van der Waals surface area contributed by atoms with Crippen LogP contribution in [0.4, 0.5) is 0 Å². The number of phenolic OH excluding ortho intramolecular Hbond substituents is 1. The number of piperidine rings is 1. The van der Waals surface area contributed by atoms with E-state index in [0.29, 0.717) is 11.8 Å². The van der Waals surface area contributed by atoms with Gasteiger partial charge in [0.05, 0.1) is 17.8 Å². The van der Waals surface area contributed by atoms with E-state index in [1.807, 2.05) is 12.3 Å². The summed E-state index contributed by atoms with van der Waals surface area (Å²) in [6, 6.07) is 5.86. The van der Waals surface area contributed by atoms with Crippen molar-refractivity contribution in [2.24, 2.45) is 0 Å². The molecule has 0 saturated carbocycles. The zero-order valence-electron chi connectivity index (χ0n) is 9.06. The number of benzene rings is 1. The van der Waals surface area contributed by atoms with Crippen molar-refractivity contribution in [1.82, 2.24) is 15.1 Å². The summed E-state index contributed by atoms with van der Waals surface area (Å²) in [5, 5.41) is 18.2. The number of rotatable bonds is 1. The van der Waals surface area contributed by atoms with Crippen LogP contribution in [-0.2, 0) is 0 Å². The molecule has 1 aromatic heterocycles. The number of phenols is 1. The third-order valence-corrected chi connectivity index (χ3v) is 3.20. The van der Waals surface area contributed by atoms with Crippen molar-refractivity contribution in [3.8, 4) is 5.75 Å². The Morgan fingerprint density at radius 1 is 1.44 bits per heavy atom. The topological polar surface area (TPSA) is 50.1 Å². The molecule has 3 rings (SSSR count). The number of aromatic hydroxyl groups is 1. The molecular weight excluding hydrogens is 202 g/mol. The third-order valence-electron chi connectivity index (χ3n) is 3.20. The van der Waals surface area contributed by atoms with Gasteiger partial charge in [-0.25, -0.2) is 0 Å². The highest BCUT2D eigenvalue weighted by molar-refractivity contribution is 5.80. The molecule has 0 radical (unpaired) electrons. The molecule has 2 heterocycles. The Bertz CT molecular complexity index is 500. The molecule has 0 amide bonds. The third kappa shape index (κ3) is 1.55. The van der Waals surface area contributed by atoms with Crippen molar-refractivity contribution in [3.63, 3.8) is 0 Å². The Labute approximate surface area is 93.9 Å². The van der Waals surface area contributed by atoms with Crippen LogP contribution < -0.4 is 5.32 Å². The fourth-order valence-electron chi connectivity index (χ4n) is 2.37. The van der Waals surface area contributed by atoms with Crippen molar-refractivity contribution in [2.75, 3.05) is 13.1 Å². The molecule has 2 aromatic rings. The van der Waals surface area contributed by atoms with Crippen molar-refractivity contribution < 1.29 is 5.11 Å². The van der Waals surface area contributed by atoms with Gasteiger partial charge in [0.15, 0.2) is 0 Å². The molecular formula is C12H15N3O. The van der Waals surface area contributed by atoms with Gasteiger partial charge in [0.25, 0.3) is 0 Å². The van der Waals surface area contributed by atoms with E-state index in [1.165, 1.54) is 12.8 Å². The minimum absolute atomic E-state index is 0.300. The molecule has 2 N–H and O–H groups in total. The van der Waals surface area contributed by atoms with Gasteiger partial charge in [-0.15, -0.1) is 0 Å². The minimum Gasteiger partial charge on any atom is -0.508 e. The highest BCUT2D eigenvalue weighted by Gasteiger charge is 2.17. The van der Waals surface area contributed by atoms with Crippen LogP contribution in [-0.4, -0.2) is 28.0 Å². The smallest absolute Gasteiger partial charge is 0.116 e. The molecule has 1 aliphatic rings. The van der Waals surface area contributed by atoms with E-state index in [1.54, 1.807) is 12.1 Å². The molecule has 4 heteroatoms. The number of hydrogen-bond acceptors (Lipinski definition) is 3. The van der Waals surface area contributed by atoms with Crippen LogP contribution in [0.15, 0.2) is 24.4 Å². The summed E-state index contributed by atoms with van der Waals surface area (Å²) < 4.78 is 2.07. The lowest BCUT2D eigenvalue weighted by atomic mass is 10.1. The number of nitrogens with zero attached hydrogens (tertiary/aromatic N) is 2. The number of aromatic nitrogens is 2. The number of fused-ring (bicyclic) bond motifs is 1. The normalized spacial score (nSPS) is 21.4. The molecule has 1 fully saturated rings. The number of nitrogens with one attached hydrogen (secondary N) is 1. The summed E-state index contributed by atoms with van der Waals surface area (Å²) >= 11 is 0. The summed E-state index contributed by atoms with van der Waals surface area (Å²) in [5.41, 5.74) is 1.10. The van der Waals surface area contributed by atoms with Crippen molar-refractivity contribution >= 4 is 10.9 Å². The van der Waals surface area contributed by atoms with Crippen LogP contribution in [0.3, 0.4) is 0 Å². The maximum Gasteiger partial charge on any atom is 0.116 e. The summed E-state index contributed by atoms with van der Waals surface area (Å²) in [6.07, 6.45) is 4.19. The highest BCUT2D eigenvalue weighted by Crippen LogP contribution is 2.24. The van der Waals surface area contributed by atoms with Gasteiger partial charge in [-0.3, -0.25) is 4.68 Å². The van der Waals surface area contributed by atoms with Crippen LogP contribution in [0.1, 0.15) is 18.9 Å². The molecule has 0 spiro atoms. The Balaban J connectivity index is 2.03. The van der Waals surface area contributed by atoms with E-state index >= 15 is 0 Å². The first-order chi connectivity index (χ1) is 7.84. The second-order valence-corrected chi connectivity index (χ2v) is 4.33. The molecule has 16 heavy (non-hydrogen) atoms. The van der Waals surface area contributed by atoms with Crippen LogP contribution >= 0.6 is 0 Å². The van der Waals surface area contributed by atoms with Gasteiger partial charge < -0.3 is 10.4 Å². The molecule has 0 bridgehead atoms. The van der Waals surface area contributed by atoms with Crippen molar-refractivity contribution in [1.29, 1.82) is 0 Å². The van der Waals surface area contributed by atoms with Crippen LogP contribution in [0, 0.1) is 0 Å². The summed E-state index contributed by atoms with van der Waals surface area (Å²) in [6.45, 7) is 2.09. The van der Waals surface area contributed by atoms with E-state index < -0.39 is 0 Å². The van der Waals surface area contributed by atoms with Gasteiger partial charge in [0.2, 0.25) is 0 Å². The first-order valence-electron chi connectivity index (χ1n) is 5.71. The lowest BCUT2D eigenvalue weighted by Crippen LogP contribution is -2.32.